The molecule has 0 aliphatic carbocycles. The Bertz CT molecular complexity index is 858. The Labute approximate surface area is 153 Å². The molecule has 0 fully saturated rings. The van der Waals surface area contributed by atoms with Crippen LogP contribution in [0.3, 0.4) is 0 Å². The first kappa shape index (κ1) is 17.4. The highest BCUT2D eigenvalue weighted by Gasteiger charge is 2.08. The third-order valence-electron chi connectivity index (χ3n) is 3.39. The summed E-state index contributed by atoms with van der Waals surface area (Å²) in [4.78, 5) is 27.9. The predicted molar refractivity (Wildman–Crippen MR) is 102 cm³/mol. The Morgan fingerprint density at radius 2 is 1.92 bits per heavy atom. The van der Waals surface area contributed by atoms with Crippen molar-refractivity contribution < 1.29 is 14.3 Å². The number of carbonyl (C=O) groups excluding carboxylic acids is 2. The average Bonchev–Trinajstić information content (AvgIpc) is 3.04. The second-order valence-electron chi connectivity index (χ2n) is 5.19. The fraction of sp³-hybridized carbons (Fsp3) is 0.167. The van der Waals surface area contributed by atoms with Crippen LogP contribution >= 0.6 is 23.1 Å². The number of fused-ring (bicyclic) bond motifs is 1. The molecule has 0 aliphatic heterocycles. The van der Waals surface area contributed by atoms with Crippen LogP contribution in [0, 0.1) is 0 Å². The van der Waals surface area contributed by atoms with Crippen LogP contribution in [0.1, 0.15) is 15.4 Å². The number of nitrogens with zero attached hydrogens (tertiary/aromatic N) is 1. The third kappa shape index (κ3) is 4.58. The van der Waals surface area contributed by atoms with Crippen LogP contribution < -0.4 is 5.32 Å². The molecule has 1 heterocycles. The Balaban J connectivity index is 1.48. The number of hydrogen-bond donors (Lipinski definition) is 1. The van der Waals surface area contributed by atoms with Gasteiger partial charge in [-0.15, -0.1) is 23.1 Å². The standard InChI is InChI=1S/C18H16N2O3S2/c1-23-18(22)12-6-8-13(9-7-12)19-16(21)10-24-11-17-20-14-4-2-3-5-15(14)25-17/h2-9H,10-11H2,1H3,(H,19,21). The van der Waals surface area contributed by atoms with Crippen LogP contribution in [-0.2, 0) is 15.3 Å². The van der Waals surface area contributed by atoms with Crippen molar-refractivity contribution >= 4 is 50.9 Å². The molecule has 0 bridgehead atoms. The number of rotatable bonds is 6. The summed E-state index contributed by atoms with van der Waals surface area (Å²) in [5.74, 6) is 0.559. The number of para-hydroxylation sites is 1. The smallest absolute Gasteiger partial charge is 0.337 e. The number of methoxy groups -OCH3 is 1. The molecule has 3 aromatic rings. The van der Waals surface area contributed by atoms with Gasteiger partial charge in [0.15, 0.2) is 0 Å². The Morgan fingerprint density at radius 3 is 2.64 bits per heavy atom. The van der Waals surface area contributed by atoms with Gasteiger partial charge in [0.25, 0.3) is 0 Å². The van der Waals surface area contributed by atoms with Gasteiger partial charge in [-0.3, -0.25) is 4.79 Å². The molecule has 25 heavy (non-hydrogen) atoms. The molecule has 0 saturated carbocycles. The molecule has 0 aliphatic rings. The topological polar surface area (TPSA) is 68.3 Å². The van der Waals surface area contributed by atoms with E-state index in [1.54, 1.807) is 35.6 Å². The van der Waals surface area contributed by atoms with E-state index < -0.39 is 5.97 Å². The van der Waals surface area contributed by atoms with E-state index in [9.17, 15) is 9.59 Å². The number of anilines is 1. The number of ether oxygens (including phenoxy) is 1. The minimum absolute atomic E-state index is 0.0862. The summed E-state index contributed by atoms with van der Waals surface area (Å²) in [6.07, 6.45) is 0. The number of amides is 1. The lowest BCUT2D eigenvalue weighted by molar-refractivity contribution is -0.113. The van der Waals surface area contributed by atoms with Crippen LogP contribution in [-0.4, -0.2) is 29.7 Å². The number of thioether (sulfide) groups is 1. The average molecular weight is 372 g/mol. The van der Waals surface area contributed by atoms with Crippen LogP contribution in [0.2, 0.25) is 0 Å². The highest BCUT2D eigenvalue weighted by molar-refractivity contribution is 7.99. The van der Waals surface area contributed by atoms with E-state index in [1.165, 1.54) is 18.9 Å². The van der Waals surface area contributed by atoms with Gasteiger partial charge in [0.05, 0.1) is 28.6 Å². The van der Waals surface area contributed by atoms with Crippen molar-refractivity contribution in [1.29, 1.82) is 0 Å². The molecular weight excluding hydrogens is 356 g/mol. The van der Waals surface area contributed by atoms with Crippen LogP contribution in [0.15, 0.2) is 48.5 Å². The SMILES string of the molecule is COC(=O)c1ccc(NC(=O)CSCc2nc3ccccc3s2)cc1. The molecule has 2 aromatic carbocycles. The molecule has 1 aromatic heterocycles. The molecule has 0 atom stereocenters. The summed E-state index contributed by atoms with van der Waals surface area (Å²) in [6, 6.07) is 14.6. The maximum absolute atomic E-state index is 12.0. The zero-order chi connectivity index (χ0) is 17.6. The van der Waals surface area contributed by atoms with Crippen molar-refractivity contribution in [3.8, 4) is 0 Å². The van der Waals surface area contributed by atoms with Crippen LogP contribution in [0.5, 0.6) is 0 Å². The number of thiazole rings is 1. The molecule has 0 unspecified atom stereocenters. The Kier molecular flexibility index (Phi) is 5.67. The van der Waals surface area contributed by atoms with E-state index in [0.29, 0.717) is 22.8 Å². The number of carbonyl (C=O) groups is 2. The first-order valence-corrected chi connectivity index (χ1v) is 9.53. The largest absolute Gasteiger partial charge is 0.465 e. The van der Waals surface area contributed by atoms with Gasteiger partial charge in [-0.05, 0) is 36.4 Å². The second kappa shape index (κ2) is 8.13. The molecule has 1 amide bonds. The van der Waals surface area contributed by atoms with E-state index in [4.69, 9.17) is 0 Å². The molecule has 5 nitrogen and oxygen atoms in total. The van der Waals surface area contributed by atoms with Crippen molar-refractivity contribution in [2.75, 3.05) is 18.2 Å². The maximum atomic E-state index is 12.0. The summed E-state index contributed by atoms with van der Waals surface area (Å²) in [6.45, 7) is 0. The number of esters is 1. The van der Waals surface area contributed by atoms with Gasteiger partial charge >= 0.3 is 5.97 Å². The van der Waals surface area contributed by atoms with E-state index in [2.05, 4.69) is 15.0 Å². The highest BCUT2D eigenvalue weighted by Crippen LogP contribution is 2.24. The van der Waals surface area contributed by atoms with Gasteiger partial charge in [0.1, 0.15) is 5.01 Å². The quantitative estimate of drug-likeness (QED) is 0.664. The number of benzene rings is 2. The highest BCUT2D eigenvalue weighted by atomic mass is 32.2. The van der Waals surface area contributed by atoms with Gasteiger partial charge in [0.2, 0.25) is 5.91 Å². The molecule has 128 valence electrons. The normalized spacial score (nSPS) is 10.6. The molecular formula is C18H16N2O3S2. The Morgan fingerprint density at radius 1 is 1.16 bits per heavy atom. The molecule has 7 heteroatoms. The fourth-order valence-electron chi connectivity index (χ4n) is 2.22. The van der Waals surface area contributed by atoms with Gasteiger partial charge in [-0.25, -0.2) is 9.78 Å². The van der Waals surface area contributed by atoms with Crippen molar-refractivity contribution in [3.05, 3.63) is 59.1 Å². The molecule has 3 rings (SSSR count). The third-order valence-corrected chi connectivity index (χ3v) is 5.55. The van der Waals surface area contributed by atoms with E-state index in [0.717, 1.165) is 15.2 Å². The zero-order valence-corrected chi connectivity index (χ0v) is 15.2. The van der Waals surface area contributed by atoms with Crippen molar-refractivity contribution in [2.24, 2.45) is 0 Å². The van der Waals surface area contributed by atoms with Crippen LogP contribution in [0.25, 0.3) is 10.2 Å². The summed E-state index contributed by atoms with van der Waals surface area (Å²) in [5.41, 5.74) is 2.10. The lowest BCUT2D eigenvalue weighted by Gasteiger charge is -2.05. The number of aromatic nitrogens is 1. The molecule has 1 N–H and O–H groups in total. The summed E-state index contributed by atoms with van der Waals surface area (Å²) in [5, 5.41) is 3.83. The predicted octanol–water partition coefficient (Wildman–Crippen LogP) is 3.95. The monoisotopic (exact) mass is 372 g/mol. The summed E-state index contributed by atoms with van der Waals surface area (Å²) < 4.78 is 5.80. The number of nitrogens with one attached hydrogen (secondary N) is 1. The summed E-state index contributed by atoms with van der Waals surface area (Å²) in [7, 11) is 1.33. The van der Waals surface area contributed by atoms with Crippen molar-refractivity contribution in [2.45, 2.75) is 5.75 Å². The van der Waals surface area contributed by atoms with Gasteiger partial charge in [-0.2, -0.15) is 0 Å². The summed E-state index contributed by atoms with van der Waals surface area (Å²) >= 11 is 3.17. The first-order chi connectivity index (χ1) is 12.2. The van der Waals surface area contributed by atoms with Crippen molar-refractivity contribution in [1.82, 2.24) is 4.98 Å². The molecule has 0 radical (unpaired) electrons. The Hall–Kier alpha value is -2.38. The maximum Gasteiger partial charge on any atom is 0.337 e. The van der Waals surface area contributed by atoms with Gasteiger partial charge in [-0.1, -0.05) is 12.1 Å². The minimum Gasteiger partial charge on any atom is -0.465 e. The number of hydrogen-bond acceptors (Lipinski definition) is 6. The fourth-order valence-corrected chi connectivity index (χ4v) is 4.06. The van der Waals surface area contributed by atoms with Gasteiger partial charge in [0, 0.05) is 11.4 Å². The molecule has 0 saturated heterocycles. The zero-order valence-electron chi connectivity index (χ0n) is 13.5. The lowest BCUT2D eigenvalue weighted by Crippen LogP contribution is -2.14. The van der Waals surface area contributed by atoms with E-state index in [1.807, 2.05) is 24.3 Å². The van der Waals surface area contributed by atoms with Crippen LogP contribution in [0.4, 0.5) is 5.69 Å². The minimum atomic E-state index is -0.399. The van der Waals surface area contributed by atoms with E-state index >= 15 is 0 Å². The lowest BCUT2D eigenvalue weighted by atomic mass is 10.2. The second-order valence-corrected chi connectivity index (χ2v) is 7.29. The van der Waals surface area contributed by atoms with Gasteiger partial charge < -0.3 is 10.1 Å². The van der Waals surface area contributed by atoms with E-state index in [-0.39, 0.29) is 5.91 Å². The van der Waals surface area contributed by atoms with Crippen molar-refractivity contribution in [3.63, 3.8) is 0 Å². The molecule has 0 spiro atoms. The first-order valence-electron chi connectivity index (χ1n) is 7.56.